The second-order valence-corrected chi connectivity index (χ2v) is 14.7. The van der Waals surface area contributed by atoms with Gasteiger partial charge in [0.25, 0.3) is 0 Å². The van der Waals surface area contributed by atoms with Crippen molar-refractivity contribution in [3.63, 3.8) is 0 Å². The molecule has 8 aromatic rings. The summed E-state index contributed by atoms with van der Waals surface area (Å²) in [5, 5.41) is 0. The molecule has 0 aliphatic heterocycles. The second-order valence-electron chi connectivity index (χ2n) is 14.7. The van der Waals surface area contributed by atoms with E-state index in [9.17, 15) is 0 Å². The average molecular weight is 694 g/mol. The summed E-state index contributed by atoms with van der Waals surface area (Å²) < 4.78 is 0. The smallest absolute Gasteiger partial charge is 0.164 e. The van der Waals surface area contributed by atoms with Crippen LogP contribution in [0.4, 0.5) is 0 Å². The molecule has 1 spiro atoms. The lowest BCUT2D eigenvalue weighted by atomic mass is 9.67. The summed E-state index contributed by atoms with van der Waals surface area (Å²) in [5.74, 6) is 1.96. The van der Waals surface area contributed by atoms with Crippen molar-refractivity contribution in [1.82, 2.24) is 15.0 Å². The van der Waals surface area contributed by atoms with E-state index < -0.39 is 0 Å². The van der Waals surface area contributed by atoms with Crippen LogP contribution in [0, 0.1) is 0 Å². The van der Waals surface area contributed by atoms with Crippen molar-refractivity contribution in [2.24, 2.45) is 0 Å². The average Bonchev–Trinajstić information content (AvgIpc) is 3.52. The van der Waals surface area contributed by atoms with Crippen molar-refractivity contribution < 1.29 is 0 Å². The lowest BCUT2D eigenvalue weighted by Gasteiger charge is -2.36. The van der Waals surface area contributed by atoms with Gasteiger partial charge >= 0.3 is 0 Å². The van der Waals surface area contributed by atoms with Crippen LogP contribution in [-0.2, 0) is 5.41 Å². The number of hydrogen-bond acceptors (Lipinski definition) is 3. The van der Waals surface area contributed by atoms with E-state index in [1.807, 2.05) is 24.3 Å². The van der Waals surface area contributed by atoms with E-state index in [4.69, 9.17) is 15.0 Å². The highest BCUT2D eigenvalue weighted by Gasteiger charge is 2.43. The lowest BCUT2D eigenvalue weighted by molar-refractivity contribution is 0.353. The molecule has 3 heteroatoms. The standard InChI is InChI=1S/C51H39N3/c1-4-14-35(15-5-1)36-24-26-38(27-25-36)49-52-48(37-16-6-2-7-17-37)53-50(54-49)43-21-13-20-41(33-43)39-18-12-19-40(32-39)42-28-29-45-44-22-8-9-23-46(44)51(47(45)34-42)30-10-3-11-31-51/h1-2,4-9,12-29,32-34H,3,10-11,30-31H2. The zero-order chi connectivity index (χ0) is 35.9. The third kappa shape index (κ3) is 5.74. The van der Waals surface area contributed by atoms with E-state index in [-0.39, 0.29) is 5.41 Å². The molecule has 3 nitrogen and oxygen atoms in total. The fraction of sp³-hybridized carbons (Fsp3) is 0.118. The topological polar surface area (TPSA) is 38.7 Å². The Morgan fingerprint density at radius 2 is 0.722 bits per heavy atom. The molecule has 0 atom stereocenters. The molecule has 0 bridgehead atoms. The van der Waals surface area contributed by atoms with E-state index in [0.717, 1.165) is 27.8 Å². The molecular formula is C51H39N3. The van der Waals surface area contributed by atoms with Gasteiger partial charge in [-0.15, -0.1) is 0 Å². The van der Waals surface area contributed by atoms with Gasteiger partial charge in [0.2, 0.25) is 0 Å². The van der Waals surface area contributed by atoms with Gasteiger partial charge in [0.15, 0.2) is 17.5 Å². The molecule has 0 radical (unpaired) electrons. The highest BCUT2D eigenvalue weighted by molar-refractivity contribution is 5.85. The van der Waals surface area contributed by atoms with E-state index in [2.05, 4.69) is 152 Å². The van der Waals surface area contributed by atoms with Gasteiger partial charge in [-0.3, -0.25) is 0 Å². The van der Waals surface area contributed by atoms with Gasteiger partial charge in [0.05, 0.1) is 0 Å². The summed E-state index contributed by atoms with van der Waals surface area (Å²) in [5.41, 5.74) is 16.0. The molecule has 258 valence electrons. The Morgan fingerprint density at radius 1 is 0.296 bits per heavy atom. The first kappa shape index (κ1) is 32.2. The third-order valence-electron chi connectivity index (χ3n) is 11.5. The molecule has 7 aromatic carbocycles. The number of benzene rings is 7. The zero-order valence-corrected chi connectivity index (χ0v) is 30.1. The van der Waals surface area contributed by atoms with Gasteiger partial charge in [-0.25, -0.2) is 15.0 Å². The Hall–Kier alpha value is -6.45. The van der Waals surface area contributed by atoms with Gasteiger partial charge in [0, 0.05) is 22.1 Å². The van der Waals surface area contributed by atoms with Gasteiger partial charge < -0.3 is 0 Å². The Morgan fingerprint density at radius 3 is 1.39 bits per heavy atom. The predicted molar refractivity (Wildman–Crippen MR) is 222 cm³/mol. The highest BCUT2D eigenvalue weighted by atomic mass is 15.0. The van der Waals surface area contributed by atoms with Crippen LogP contribution >= 0.6 is 0 Å². The van der Waals surface area contributed by atoms with E-state index >= 15 is 0 Å². The summed E-state index contributed by atoms with van der Waals surface area (Å²) in [4.78, 5) is 15.1. The first-order valence-corrected chi connectivity index (χ1v) is 19.1. The summed E-state index contributed by atoms with van der Waals surface area (Å²) in [7, 11) is 0. The summed E-state index contributed by atoms with van der Waals surface area (Å²) >= 11 is 0. The Bertz CT molecular complexity index is 2620. The largest absolute Gasteiger partial charge is 0.208 e. The van der Waals surface area contributed by atoms with Crippen molar-refractivity contribution in [2.45, 2.75) is 37.5 Å². The van der Waals surface area contributed by atoms with Crippen LogP contribution in [0.1, 0.15) is 43.2 Å². The SMILES string of the molecule is c1ccc(-c2ccc(-c3nc(-c4ccccc4)nc(-c4cccc(-c5cccc(-c6ccc7c(c6)C6(CCCCC6)c6ccccc6-7)c5)c4)n3)cc2)cc1. The van der Waals surface area contributed by atoms with Crippen molar-refractivity contribution in [2.75, 3.05) is 0 Å². The molecule has 1 saturated carbocycles. The van der Waals surface area contributed by atoms with Crippen LogP contribution in [0.25, 0.3) is 78.7 Å². The number of hydrogen-bond donors (Lipinski definition) is 0. The number of fused-ring (bicyclic) bond motifs is 5. The van der Waals surface area contributed by atoms with E-state index in [1.54, 1.807) is 0 Å². The molecule has 0 unspecified atom stereocenters. The van der Waals surface area contributed by atoms with Gasteiger partial charge in [-0.05, 0) is 86.7 Å². The minimum atomic E-state index is 0.137. The minimum Gasteiger partial charge on any atom is -0.208 e. The van der Waals surface area contributed by atoms with E-state index in [0.29, 0.717) is 17.5 Å². The van der Waals surface area contributed by atoms with Crippen LogP contribution in [0.3, 0.4) is 0 Å². The normalized spacial score (nSPS) is 14.1. The van der Waals surface area contributed by atoms with Crippen LogP contribution in [0.15, 0.2) is 176 Å². The third-order valence-corrected chi connectivity index (χ3v) is 11.5. The van der Waals surface area contributed by atoms with Crippen LogP contribution in [0.5, 0.6) is 0 Å². The van der Waals surface area contributed by atoms with Crippen molar-refractivity contribution in [3.8, 4) is 78.7 Å². The Kier molecular flexibility index (Phi) is 8.06. The summed E-state index contributed by atoms with van der Waals surface area (Å²) in [6.45, 7) is 0. The maximum absolute atomic E-state index is 5.07. The molecule has 1 fully saturated rings. The Balaban J connectivity index is 1.01. The molecule has 0 N–H and O–H groups in total. The highest BCUT2D eigenvalue weighted by Crippen LogP contribution is 2.56. The number of nitrogens with zero attached hydrogens (tertiary/aromatic N) is 3. The van der Waals surface area contributed by atoms with Gasteiger partial charge in [0.1, 0.15) is 0 Å². The first-order chi connectivity index (χ1) is 26.7. The zero-order valence-electron chi connectivity index (χ0n) is 30.1. The summed E-state index contributed by atoms with van der Waals surface area (Å²) in [6.07, 6.45) is 6.38. The monoisotopic (exact) mass is 693 g/mol. The number of aromatic nitrogens is 3. The molecule has 0 amide bonds. The van der Waals surface area contributed by atoms with Gasteiger partial charge in [-0.1, -0.05) is 177 Å². The second kappa shape index (κ2) is 13.5. The molecule has 2 aliphatic carbocycles. The molecular weight excluding hydrogens is 655 g/mol. The summed E-state index contributed by atoms with van der Waals surface area (Å²) in [6, 6.07) is 63.0. The molecule has 1 heterocycles. The minimum absolute atomic E-state index is 0.137. The van der Waals surface area contributed by atoms with Gasteiger partial charge in [-0.2, -0.15) is 0 Å². The van der Waals surface area contributed by atoms with Crippen LogP contribution in [-0.4, -0.2) is 15.0 Å². The maximum Gasteiger partial charge on any atom is 0.164 e. The number of rotatable bonds is 6. The van der Waals surface area contributed by atoms with Crippen LogP contribution in [0.2, 0.25) is 0 Å². The first-order valence-electron chi connectivity index (χ1n) is 19.1. The maximum atomic E-state index is 5.07. The fourth-order valence-electron chi connectivity index (χ4n) is 8.84. The quantitative estimate of drug-likeness (QED) is 0.174. The van der Waals surface area contributed by atoms with Crippen LogP contribution < -0.4 is 0 Å². The fourth-order valence-corrected chi connectivity index (χ4v) is 8.84. The lowest BCUT2D eigenvalue weighted by Crippen LogP contribution is -2.28. The molecule has 10 rings (SSSR count). The predicted octanol–water partition coefficient (Wildman–Crippen LogP) is 13.1. The molecule has 54 heavy (non-hydrogen) atoms. The van der Waals surface area contributed by atoms with Crippen molar-refractivity contribution >= 4 is 0 Å². The van der Waals surface area contributed by atoms with E-state index in [1.165, 1.54) is 76.6 Å². The molecule has 2 aliphatic rings. The van der Waals surface area contributed by atoms with Crippen molar-refractivity contribution in [3.05, 3.63) is 187 Å². The molecule has 0 saturated heterocycles. The Labute approximate surface area is 317 Å². The van der Waals surface area contributed by atoms with Crippen molar-refractivity contribution in [1.29, 1.82) is 0 Å². The molecule has 1 aromatic heterocycles.